The summed E-state index contributed by atoms with van der Waals surface area (Å²) in [4.78, 5) is 29.0. The molecule has 0 aliphatic carbocycles. The highest BCUT2D eigenvalue weighted by atomic mass is 16.5. The molecule has 2 unspecified atom stereocenters. The Bertz CT molecular complexity index is 1150. The van der Waals surface area contributed by atoms with Gasteiger partial charge in [0.1, 0.15) is 17.5 Å². The SMILES string of the molecule is CCC(C)NC(=O)C(Cc1ccccc1)N(Cc1ccccc1C)C(=O)CCCOc1ccc(OC)cc1. The zero-order valence-corrected chi connectivity index (χ0v) is 23.0. The largest absolute Gasteiger partial charge is 0.497 e. The van der Waals surface area contributed by atoms with Crippen molar-refractivity contribution in [2.45, 2.75) is 65.1 Å². The summed E-state index contributed by atoms with van der Waals surface area (Å²) < 4.78 is 11.0. The Morgan fingerprint density at radius 2 is 1.58 bits per heavy atom. The lowest BCUT2D eigenvalue weighted by molar-refractivity contribution is -0.141. The predicted molar refractivity (Wildman–Crippen MR) is 151 cm³/mol. The molecule has 1 N–H and O–H groups in total. The average molecular weight is 517 g/mol. The molecular weight excluding hydrogens is 476 g/mol. The van der Waals surface area contributed by atoms with Crippen molar-refractivity contribution in [3.05, 3.63) is 95.6 Å². The molecule has 38 heavy (non-hydrogen) atoms. The van der Waals surface area contributed by atoms with Gasteiger partial charge in [0.15, 0.2) is 0 Å². The van der Waals surface area contributed by atoms with Crippen LogP contribution in [0.3, 0.4) is 0 Å². The first-order chi connectivity index (χ1) is 18.4. The van der Waals surface area contributed by atoms with Crippen molar-refractivity contribution in [3.63, 3.8) is 0 Å². The number of nitrogens with one attached hydrogen (secondary N) is 1. The second kappa shape index (κ2) is 14.8. The second-order valence-corrected chi connectivity index (χ2v) is 9.60. The molecule has 0 saturated carbocycles. The predicted octanol–water partition coefficient (Wildman–Crippen LogP) is 5.72. The number of ether oxygens (including phenoxy) is 2. The van der Waals surface area contributed by atoms with Crippen LogP contribution in [-0.2, 0) is 22.6 Å². The molecule has 0 aliphatic rings. The molecule has 3 rings (SSSR count). The molecule has 0 aromatic heterocycles. The normalized spacial score (nSPS) is 12.3. The Labute approximate surface area is 227 Å². The van der Waals surface area contributed by atoms with Crippen LogP contribution >= 0.6 is 0 Å². The van der Waals surface area contributed by atoms with Crippen molar-refractivity contribution in [2.75, 3.05) is 13.7 Å². The fraction of sp³-hybridized carbons (Fsp3) is 0.375. The molecule has 0 spiro atoms. The first-order valence-corrected chi connectivity index (χ1v) is 13.4. The van der Waals surface area contributed by atoms with Crippen LogP contribution in [0.1, 0.15) is 49.8 Å². The summed E-state index contributed by atoms with van der Waals surface area (Å²) in [6.45, 7) is 6.83. The highest BCUT2D eigenvalue weighted by Crippen LogP contribution is 2.20. The van der Waals surface area contributed by atoms with Crippen LogP contribution in [0.15, 0.2) is 78.9 Å². The summed E-state index contributed by atoms with van der Waals surface area (Å²) in [6.07, 6.45) is 2.09. The molecule has 0 radical (unpaired) electrons. The number of benzene rings is 3. The number of carbonyl (C=O) groups is 2. The maximum atomic E-state index is 13.7. The van der Waals surface area contributed by atoms with E-state index in [4.69, 9.17) is 9.47 Å². The quantitative estimate of drug-likeness (QED) is 0.278. The summed E-state index contributed by atoms with van der Waals surface area (Å²) in [6, 6.07) is 24.7. The lowest BCUT2D eigenvalue weighted by atomic mass is 10.0. The van der Waals surface area contributed by atoms with Gasteiger partial charge in [0, 0.05) is 25.4 Å². The first-order valence-electron chi connectivity index (χ1n) is 13.4. The van der Waals surface area contributed by atoms with Crippen LogP contribution in [-0.4, -0.2) is 42.5 Å². The minimum absolute atomic E-state index is 0.0223. The van der Waals surface area contributed by atoms with E-state index < -0.39 is 6.04 Å². The number of aryl methyl sites for hydroxylation is 1. The number of methoxy groups -OCH3 is 1. The van der Waals surface area contributed by atoms with Crippen LogP contribution in [0.5, 0.6) is 11.5 Å². The molecule has 0 saturated heterocycles. The van der Waals surface area contributed by atoms with Crippen molar-refractivity contribution in [1.29, 1.82) is 0 Å². The van der Waals surface area contributed by atoms with E-state index in [1.54, 1.807) is 12.0 Å². The van der Waals surface area contributed by atoms with Crippen molar-refractivity contribution in [3.8, 4) is 11.5 Å². The van der Waals surface area contributed by atoms with E-state index >= 15 is 0 Å². The third-order valence-electron chi connectivity index (χ3n) is 6.74. The van der Waals surface area contributed by atoms with Crippen LogP contribution < -0.4 is 14.8 Å². The van der Waals surface area contributed by atoms with Gasteiger partial charge in [-0.25, -0.2) is 0 Å². The van der Waals surface area contributed by atoms with Crippen LogP contribution in [0.2, 0.25) is 0 Å². The van der Waals surface area contributed by atoms with Crippen molar-refractivity contribution >= 4 is 11.8 Å². The van der Waals surface area contributed by atoms with Gasteiger partial charge in [-0.05, 0) is 67.6 Å². The summed E-state index contributed by atoms with van der Waals surface area (Å²) in [7, 11) is 1.62. The van der Waals surface area contributed by atoms with Gasteiger partial charge < -0.3 is 19.7 Å². The topological polar surface area (TPSA) is 67.9 Å². The molecule has 6 heteroatoms. The fourth-order valence-electron chi connectivity index (χ4n) is 4.20. The average Bonchev–Trinajstić information content (AvgIpc) is 2.94. The number of carbonyl (C=O) groups excluding carboxylic acids is 2. The Morgan fingerprint density at radius 1 is 0.921 bits per heavy atom. The Balaban J connectivity index is 1.78. The number of nitrogens with zero attached hydrogens (tertiary/aromatic N) is 1. The molecule has 202 valence electrons. The molecule has 2 amide bonds. The van der Waals surface area contributed by atoms with E-state index in [0.29, 0.717) is 26.0 Å². The molecule has 0 aliphatic heterocycles. The van der Waals surface area contributed by atoms with Gasteiger partial charge in [-0.2, -0.15) is 0 Å². The van der Waals surface area contributed by atoms with E-state index in [1.807, 2.05) is 99.6 Å². The minimum Gasteiger partial charge on any atom is -0.497 e. The van der Waals surface area contributed by atoms with Gasteiger partial charge in [0.2, 0.25) is 11.8 Å². The van der Waals surface area contributed by atoms with E-state index in [2.05, 4.69) is 5.32 Å². The Kier molecular flexibility index (Phi) is 11.2. The van der Waals surface area contributed by atoms with Gasteiger partial charge in [-0.1, -0.05) is 61.5 Å². The molecule has 0 heterocycles. The maximum absolute atomic E-state index is 13.7. The van der Waals surface area contributed by atoms with Gasteiger partial charge in [-0.3, -0.25) is 9.59 Å². The zero-order chi connectivity index (χ0) is 27.3. The summed E-state index contributed by atoms with van der Waals surface area (Å²) in [5.41, 5.74) is 3.14. The van der Waals surface area contributed by atoms with E-state index in [1.165, 1.54) is 0 Å². The van der Waals surface area contributed by atoms with Gasteiger partial charge in [0.05, 0.1) is 13.7 Å². The summed E-state index contributed by atoms with van der Waals surface area (Å²) in [5, 5.41) is 3.12. The van der Waals surface area contributed by atoms with E-state index in [-0.39, 0.29) is 24.3 Å². The minimum atomic E-state index is -0.624. The molecule has 0 bridgehead atoms. The molecule has 3 aromatic carbocycles. The van der Waals surface area contributed by atoms with Gasteiger partial charge in [-0.15, -0.1) is 0 Å². The monoisotopic (exact) mass is 516 g/mol. The molecule has 3 aromatic rings. The van der Waals surface area contributed by atoms with E-state index in [9.17, 15) is 9.59 Å². The number of hydrogen-bond acceptors (Lipinski definition) is 4. The maximum Gasteiger partial charge on any atom is 0.243 e. The third kappa shape index (κ3) is 8.65. The number of hydrogen-bond donors (Lipinski definition) is 1. The van der Waals surface area contributed by atoms with Gasteiger partial charge >= 0.3 is 0 Å². The molecular formula is C32H40N2O4. The molecule has 0 fully saturated rings. The smallest absolute Gasteiger partial charge is 0.243 e. The number of rotatable bonds is 14. The van der Waals surface area contributed by atoms with Crippen molar-refractivity contribution in [1.82, 2.24) is 10.2 Å². The zero-order valence-electron chi connectivity index (χ0n) is 23.0. The van der Waals surface area contributed by atoms with Crippen LogP contribution in [0.4, 0.5) is 0 Å². The summed E-state index contributed by atoms with van der Waals surface area (Å²) >= 11 is 0. The third-order valence-corrected chi connectivity index (χ3v) is 6.74. The lowest BCUT2D eigenvalue weighted by Crippen LogP contribution is -2.52. The fourth-order valence-corrected chi connectivity index (χ4v) is 4.20. The second-order valence-electron chi connectivity index (χ2n) is 9.60. The molecule has 2 atom stereocenters. The Morgan fingerprint density at radius 3 is 2.24 bits per heavy atom. The standard InChI is InChI=1S/C32H40N2O4/c1-5-25(3)33-32(36)30(22-26-13-7-6-8-14-26)34(23-27-15-10-9-12-24(27)2)31(35)16-11-21-38-29-19-17-28(37-4)18-20-29/h6-10,12-15,17-20,25,30H,5,11,16,21-23H2,1-4H3,(H,33,36). The number of amides is 2. The molecule has 6 nitrogen and oxygen atoms in total. The van der Waals surface area contributed by atoms with Crippen LogP contribution in [0.25, 0.3) is 0 Å². The van der Waals surface area contributed by atoms with Crippen molar-refractivity contribution < 1.29 is 19.1 Å². The Hall–Kier alpha value is -3.80. The van der Waals surface area contributed by atoms with Gasteiger partial charge in [0.25, 0.3) is 0 Å². The highest BCUT2D eigenvalue weighted by molar-refractivity contribution is 5.88. The van der Waals surface area contributed by atoms with Crippen molar-refractivity contribution in [2.24, 2.45) is 0 Å². The van der Waals surface area contributed by atoms with E-state index in [0.717, 1.165) is 34.6 Å². The first kappa shape index (κ1) is 28.8. The van der Waals surface area contributed by atoms with Crippen LogP contribution in [0, 0.1) is 6.92 Å². The highest BCUT2D eigenvalue weighted by Gasteiger charge is 2.31. The summed E-state index contributed by atoms with van der Waals surface area (Å²) in [5.74, 6) is 1.30. The lowest BCUT2D eigenvalue weighted by Gasteiger charge is -2.33.